The molecule has 0 saturated carbocycles. The maximum Gasteiger partial charge on any atom is 0.352 e. The van der Waals surface area contributed by atoms with Crippen molar-refractivity contribution >= 4 is 58.3 Å². The molecule has 0 spiro atoms. The average Bonchev–Trinajstić information content (AvgIpc) is 3.19. The number of β-lactam (4-membered cyclic amide) rings is 1. The largest absolute Gasteiger partial charge is 0.508 e. The molecule has 4 N–H and O–H groups in total. The van der Waals surface area contributed by atoms with E-state index < -0.39 is 23.3 Å². The highest BCUT2D eigenvalue weighted by Gasteiger charge is 2.54. The molecule has 32 heavy (non-hydrogen) atoms. The molecule has 2 amide bonds. The van der Waals surface area contributed by atoms with Gasteiger partial charge < -0.3 is 20.8 Å². The van der Waals surface area contributed by atoms with Gasteiger partial charge in [0.15, 0.2) is 4.34 Å². The van der Waals surface area contributed by atoms with Gasteiger partial charge in [-0.2, -0.15) is 0 Å². The zero-order valence-corrected chi connectivity index (χ0v) is 19.2. The lowest BCUT2D eigenvalue weighted by Gasteiger charge is -2.49. The zero-order chi connectivity index (χ0) is 22.8. The Hall–Kier alpha value is -2.77. The van der Waals surface area contributed by atoms with Crippen molar-refractivity contribution in [1.29, 1.82) is 0 Å². The summed E-state index contributed by atoms with van der Waals surface area (Å²) in [5.41, 5.74) is 1.28. The van der Waals surface area contributed by atoms with Gasteiger partial charge in [0, 0.05) is 17.2 Å². The first-order valence-electron chi connectivity index (χ1n) is 9.48. The molecule has 0 bridgehead atoms. The summed E-state index contributed by atoms with van der Waals surface area (Å²) in [4.78, 5) is 38.2. The van der Waals surface area contributed by atoms with Crippen molar-refractivity contribution in [1.82, 2.24) is 20.4 Å². The first-order chi connectivity index (χ1) is 15.3. The number of hydrogen-bond acceptors (Lipinski definition) is 10. The Kier molecular flexibility index (Phi) is 6.58. The van der Waals surface area contributed by atoms with Crippen LogP contribution >= 0.6 is 34.9 Å². The fraction of sp³-hybridized carbons (Fsp3) is 0.316. The van der Waals surface area contributed by atoms with Gasteiger partial charge in [0.2, 0.25) is 5.91 Å². The number of benzene rings is 1. The number of aliphatic carboxylic acids is 1. The third-order valence-electron chi connectivity index (χ3n) is 4.76. The molecule has 1 aromatic heterocycles. The van der Waals surface area contributed by atoms with Gasteiger partial charge in [-0.15, -0.1) is 22.0 Å². The van der Waals surface area contributed by atoms with Crippen molar-refractivity contribution in [2.45, 2.75) is 22.7 Å². The Morgan fingerprint density at radius 3 is 2.69 bits per heavy atom. The second kappa shape index (κ2) is 9.38. The predicted octanol–water partition coefficient (Wildman–Crippen LogP) is 1.49. The predicted molar refractivity (Wildman–Crippen MR) is 122 cm³/mol. The number of nitrogens with zero attached hydrogens (tertiary/aromatic N) is 3. The maximum atomic E-state index is 12.7. The molecule has 168 valence electrons. The number of anilines is 1. The minimum absolute atomic E-state index is 0.0137. The summed E-state index contributed by atoms with van der Waals surface area (Å²) in [6.07, 6.45) is 0. The van der Waals surface area contributed by atoms with E-state index in [1.165, 1.54) is 51.9 Å². The number of aryl methyl sites for hydroxylation is 1. The van der Waals surface area contributed by atoms with Gasteiger partial charge in [0.25, 0.3) is 5.91 Å². The van der Waals surface area contributed by atoms with E-state index in [2.05, 4.69) is 20.8 Å². The van der Waals surface area contributed by atoms with Crippen molar-refractivity contribution in [2.75, 3.05) is 23.4 Å². The maximum absolute atomic E-state index is 12.7. The number of carbonyl (C=O) groups is 3. The van der Waals surface area contributed by atoms with E-state index in [0.717, 1.165) is 9.35 Å². The number of carboxylic acid groups (broad SMARTS) is 1. The minimum atomic E-state index is -1.16. The highest BCUT2D eigenvalue weighted by molar-refractivity contribution is 8.01. The van der Waals surface area contributed by atoms with E-state index in [0.29, 0.717) is 22.8 Å². The molecule has 0 aliphatic carbocycles. The van der Waals surface area contributed by atoms with Gasteiger partial charge in [-0.3, -0.25) is 14.5 Å². The Balaban J connectivity index is 1.37. The quantitative estimate of drug-likeness (QED) is 0.242. The van der Waals surface area contributed by atoms with Crippen molar-refractivity contribution < 1.29 is 24.6 Å². The van der Waals surface area contributed by atoms with Crippen LogP contribution in [0.5, 0.6) is 5.75 Å². The summed E-state index contributed by atoms with van der Waals surface area (Å²) in [6, 6.07) is 5.47. The molecule has 1 fully saturated rings. The molecule has 10 nitrogen and oxygen atoms in total. The monoisotopic (exact) mass is 493 g/mol. The summed E-state index contributed by atoms with van der Waals surface area (Å²) < 4.78 is 0.744. The highest BCUT2D eigenvalue weighted by Crippen LogP contribution is 2.41. The van der Waals surface area contributed by atoms with Crippen LogP contribution in [-0.4, -0.2) is 72.6 Å². The highest BCUT2D eigenvalue weighted by atomic mass is 32.2. The number of amides is 2. The second-order valence-electron chi connectivity index (χ2n) is 6.99. The van der Waals surface area contributed by atoms with E-state index in [1.54, 1.807) is 12.1 Å². The first kappa shape index (κ1) is 22.4. The number of fused-ring (bicyclic) bond motifs is 1. The van der Waals surface area contributed by atoms with Gasteiger partial charge in [0.05, 0.1) is 6.54 Å². The molecule has 1 aromatic carbocycles. The molecule has 4 rings (SSSR count). The summed E-state index contributed by atoms with van der Waals surface area (Å²) in [6.45, 7) is 1.79. The first-order valence-corrected chi connectivity index (χ1v) is 12.3. The van der Waals surface area contributed by atoms with Gasteiger partial charge >= 0.3 is 5.97 Å². The van der Waals surface area contributed by atoms with Crippen LogP contribution in [0.15, 0.2) is 39.9 Å². The van der Waals surface area contributed by atoms with Crippen LogP contribution in [0.1, 0.15) is 5.01 Å². The van der Waals surface area contributed by atoms with Crippen LogP contribution in [0.3, 0.4) is 0 Å². The fourth-order valence-electron chi connectivity index (χ4n) is 3.27. The number of hydrogen-bond donors (Lipinski definition) is 4. The lowest BCUT2D eigenvalue weighted by molar-refractivity contribution is -0.150. The van der Waals surface area contributed by atoms with E-state index in [4.69, 9.17) is 0 Å². The number of carbonyl (C=O) groups excluding carboxylic acids is 2. The summed E-state index contributed by atoms with van der Waals surface area (Å²) >= 11 is 4.25. The van der Waals surface area contributed by atoms with Crippen LogP contribution in [-0.2, 0) is 14.4 Å². The van der Waals surface area contributed by atoms with E-state index in [1.807, 2.05) is 6.92 Å². The number of thioether (sulfide) groups is 2. The third-order valence-corrected chi connectivity index (χ3v) is 8.16. The van der Waals surface area contributed by atoms with Crippen LogP contribution in [0.4, 0.5) is 5.69 Å². The van der Waals surface area contributed by atoms with E-state index in [-0.39, 0.29) is 23.9 Å². The van der Waals surface area contributed by atoms with Gasteiger partial charge in [-0.25, -0.2) is 4.79 Å². The molecule has 0 unspecified atom stereocenters. The molecular formula is C19H19N5O5S3. The van der Waals surface area contributed by atoms with E-state index in [9.17, 15) is 24.6 Å². The number of phenols is 1. The number of phenolic OH excluding ortho intramolecular Hbond substituents is 1. The van der Waals surface area contributed by atoms with Crippen LogP contribution in [0, 0.1) is 6.92 Å². The van der Waals surface area contributed by atoms with Gasteiger partial charge in [-0.1, -0.05) is 23.1 Å². The Morgan fingerprint density at radius 1 is 1.28 bits per heavy atom. The van der Waals surface area contributed by atoms with Crippen molar-refractivity contribution in [3.8, 4) is 5.75 Å². The van der Waals surface area contributed by atoms with Crippen molar-refractivity contribution in [2.24, 2.45) is 0 Å². The van der Waals surface area contributed by atoms with Crippen molar-refractivity contribution in [3.63, 3.8) is 0 Å². The third kappa shape index (κ3) is 4.69. The van der Waals surface area contributed by atoms with Crippen LogP contribution in [0.2, 0.25) is 0 Å². The number of rotatable bonds is 8. The topological polar surface area (TPSA) is 145 Å². The van der Waals surface area contributed by atoms with Gasteiger partial charge in [0.1, 0.15) is 27.9 Å². The molecule has 2 atom stereocenters. The van der Waals surface area contributed by atoms with Crippen LogP contribution < -0.4 is 10.6 Å². The van der Waals surface area contributed by atoms with Crippen molar-refractivity contribution in [3.05, 3.63) is 40.5 Å². The Bertz CT molecular complexity index is 1090. The molecule has 2 aliphatic heterocycles. The summed E-state index contributed by atoms with van der Waals surface area (Å²) in [5, 5.41) is 33.0. The molecular weight excluding hydrogens is 474 g/mol. The molecule has 0 radical (unpaired) electrons. The Morgan fingerprint density at radius 2 is 2.03 bits per heavy atom. The normalized spacial score (nSPS) is 19.9. The number of aromatic hydroxyl groups is 1. The standard InChI is InChI=1S/C19H19N5O5S3/c1-9-22-23-19(32-9)31-8-10-7-30-17-14(16(27)24(17)15(10)18(28)29)21-13(26)6-20-11-2-4-12(25)5-3-11/h2-5,14,17,20,25H,6-8H2,1H3,(H,21,26)(H,28,29)/t14-,17+/m1/s1. The van der Waals surface area contributed by atoms with Crippen LogP contribution in [0.25, 0.3) is 0 Å². The lowest BCUT2D eigenvalue weighted by atomic mass is 10.0. The lowest BCUT2D eigenvalue weighted by Crippen LogP contribution is -2.71. The second-order valence-corrected chi connectivity index (χ2v) is 10.5. The summed E-state index contributed by atoms with van der Waals surface area (Å²) in [5.74, 6) is -1.02. The molecule has 13 heteroatoms. The number of aromatic nitrogens is 2. The molecule has 1 saturated heterocycles. The fourth-order valence-corrected chi connectivity index (χ4v) is 6.57. The molecule has 2 aliphatic rings. The van der Waals surface area contributed by atoms with Gasteiger partial charge in [-0.05, 0) is 36.8 Å². The van der Waals surface area contributed by atoms with E-state index >= 15 is 0 Å². The minimum Gasteiger partial charge on any atom is -0.508 e. The SMILES string of the molecule is Cc1nnc(SCC2=C(C(=O)O)N3C(=O)[C@@H](NC(=O)CNc4ccc(O)cc4)[C@@H]3SC2)s1. The number of nitrogens with one attached hydrogen (secondary N) is 2. The summed E-state index contributed by atoms with van der Waals surface area (Å²) in [7, 11) is 0. The smallest absolute Gasteiger partial charge is 0.352 e. The molecule has 3 heterocycles. The Labute approximate surface area is 195 Å². The zero-order valence-electron chi connectivity index (χ0n) is 16.8. The number of carboxylic acids is 1. The molecule has 2 aromatic rings. The average molecular weight is 494 g/mol.